The average molecular weight is 215 g/mol. The highest BCUT2D eigenvalue weighted by Gasteiger charge is 2.17. The lowest BCUT2D eigenvalue weighted by Crippen LogP contribution is -2.12. The van der Waals surface area contributed by atoms with Crippen molar-refractivity contribution in [2.24, 2.45) is 0 Å². The first-order valence-corrected chi connectivity index (χ1v) is 4.40. The van der Waals surface area contributed by atoms with Crippen LogP contribution in [0.1, 0.15) is 24.2 Å². The lowest BCUT2D eigenvalue weighted by Gasteiger charge is -2.11. The van der Waals surface area contributed by atoms with Crippen molar-refractivity contribution >= 4 is 11.7 Å². The summed E-state index contributed by atoms with van der Waals surface area (Å²) in [5.41, 5.74) is -0.700. The van der Waals surface area contributed by atoms with Gasteiger partial charge in [-0.3, -0.25) is 0 Å². The monoisotopic (exact) mass is 215 g/mol. The first kappa shape index (κ1) is 11.4. The molecule has 0 heterocycles. The molecule has 2 N–H and O–H groups in total. The van der Waals surface area contributed by atoms with Gasteiger partial charge in [0.15, 0.2) is 0 Å². The van der Waals surface area contributed by atoms with E-state index in [4.69, 9.17) is 5.11 Å². The van der Waals surface area contributed by atoms with Crippen LogP contribution in [0, 0.1) is 11.6 Å². The van der Waals surface area contributed by atoms with Crippen LogP contribution in [-0.4, -0.2) is 17.1 Å². The van der Waals surface area contributed by atoms with Crippen LogP contribution < -0.4 is 5.32 Å². The summed E-state index contributed by atoms with van der Waals surface area (Å²) in [7, 11) is 0. The third-order valence-electron chi connectivity index (χ3n) is 1.71. The van der Waals surface area contributed by atoms with Gasteiger partial charge in [-0.15, -0.1) is 0 Å². The predicted molar refractivity (Wildman–Crippen MR) is 52.1 cm³/mol. The molecule has 0 atom stereocenters. The highest BCUT2D eigenvalue weighted by molar-refractivity contribution is 5.88. The van der Waals surface area contributed by atoms with E-state index in [1.807, 2.05) is 0 Å². The van der Waals surface area contributed by atoms with Crippen LogP contribution in [0.15, 0.2) is 12.1 Å². The number of carbonyl (C=O) groups is 1. The van der Waals surface area contributed by atoms with Crippen molar-refractivity contribution in [3.8, 4) is 0 Å². The molecule has 3 nitrogen and oxygen atoms in total. The summed E-state index contributed by atoms with van der Waals surface area (Å²) in [6.07, 6.45) is 0. The van der Waals surface area contributed by atoms with Gasteiger partial charge in [0.05, 0.1) is 0 Å². The number of carboxylic acids is 1. The average Bonchev–Trinajstić information content (AvgIpc) is 1.99. The van der Waals surface area contributed by atoms with Gasteiger partial charge < -0.3 is 10.4 Å². The fraction of sp³-hybridized carbons (Fsp3) is 0.300. The Bertz CT molecular complexity index is 368. The molecule has 1 aromatic rings. The van der Waals surface area contributed by atoms with Gasteiger partial charge in [-0.2, -0.15) is 0 Å². The van der Waals surface area contributed by atoms with Gasteiger partial charge in [-0.25, -0.2) is 13.6 Å². The van der Waals surface area contributed by atoms with Crippen molar-refractivity contribution in [2.45, 2.75) is 19.9 Å². The topological polar surface area (TPSA) is 49.3 Å². The van der Waals surface area contributed by atoms with E-state index in [1.165, 1.54) is 0 Å². The Hall–Kier alpha value is -1.65. The molecule has 1 rings (SSSR count). The second-order valence-corrected chi connectivity index (χ2v) is 3.42. The Balaban J connectivity index is 3.14. The summed E-state index contributed by atoms with van der Waals surface area (Å²) in [5.74, 6) is -3.77. The summed E-state index contributed by atoms with van der Waals surface area (Å²) < 4.78 is 26.3. The van der Waals surface area contributed by atoms with Crippen molar-refractivity contribution in [1.82, 2.24) is 0 Å². The van der Waals surface area contributed by atoms with E-state index in [1.54, 1.807) is 13.8 Å². The maximum Gasteiger partial charge on any atom is 0.341 e. The van der Waals surface area contributed by atoms with Crippen LogP contribution in [0.25, 0.3) is 0 Å². The van der Waals surface area contributed by atoms with E-state index >= 15 is 0 Å². The SMILES string of the molecule is CC(C)Nc1cc(F)c(C(=O)O)c(F)c1. The highest BCUT2D eigenvalue weighted by Crippen LogP contribution is 2.19. The molecule has 1 aromatic carbocycles. The second kappa shape index (κ2) is 4.25. The third kappa shape index (κ3) is 2.65. The molecule has 0 spiro atoms. The molecule has 0 radical (unpaired) electrons. The van der Waals surface area contributed by atoms with Gasteiger partial charge >= 0.3 is 5.97 Å². The normalized spacial score (nSPS) is 10.5. The molecule has 0 bridgehead atoms. The molecule has 82 valence electrons. The standard InChI is InChI=1S/C10H11F2NO2/c1-5(2)13-6-3-7(11)9(10(14)15)8(12)4-6/h3-5,13H,1-2H3,(H,14,15). The van der Waals surface area contributed by atoms with Gasteiger partial charge in [0.25, 0.3) is 0 Å². The summed E-state index contributed by atoms with van der Waals surface area (Å²) >= 11 is 0. The zero-order valence-corrected chi connectivity index (χ0v) is 8.34. The van der Waals surface area contributed by atoms with Crippen LogP contribution in [0.5, 0.6) is 0 Å². The quantitative estimate of drug-likeness (QED) is 0.814. The first-order valence-electron chi connectivity index (χ1n) is 4.40. The Kier molecular flexibility index (Phi) is 3.24. The van der Waals surface area contributed by atoms with Gasteiger partial charge in [-0.05, 0) is 26.0 Å². The number of rotatable bonds is 3. The number of carboxylic acid groups (broad SMARTS) is 1. The van der Waals surface area contributed by atoms with Crippen molar-refractivity contribution in [3.63, 3.8) is 0 Å². The van der Waals surface area contributed by atoms with E-state index in [0.29, 0.717) is 0 Å². The summed E-state index contributed by atoms with van der Waals surface area (Å²) in [6, 6.07) is 1.94. The molecule has 5 heteroatoms. The molecule has 0 aliphatic rings. The lowest BCUT2D eigenvalue weighted by molar-refractivity contribution is 0.0686. The fourth-order valence-electron chi connectivity index (χ4n) is 1.19. The van der Waals surface area contributed by atoms with E-state index < -0.39 is 23.2 Å². The van der Waals surface area contributed by atoms with Gasteiger partial charge in [-0.1, -0.05) is 0 Å². The maximum atomic E-state index is 13.2. The zero-order valence-electron chi connectivity index (χ0n) is 8.34. The van der Waals surface area contributed by atoms with Crippen molar-refractivity contribution in [2.75, 3.05) is 5.32 Å². The van der Waals surface area contributed by atoms with Crippen LogP contribution >= 0.6 is 0 Å². The Morgan fingerprint density at radius 3 is 2.13 bits per heavy atom. The number of nitrogens with one attached hydrogen (secondary N) is 1. The predicted octanol–water partition coefficient (Wildman–Crippen LogP) is 2.48. The summed E-state index contributed by atoms with van der Waals surface area (Å²) in [6.45, 7) is 3.61. The molecule has 0 amide bonds. The second-order valence-electron chi connectivity index (χ2n) is 3.42. The highest BCUT2D eigenvalue weighted by atomic mass is 19.1. The molecular weight excluding hydrogens is 204 g/mol. The first-order chi connectivity index (χ1) is 6.91. The Morgan fingerprint density at radius 1 is 1.33 bits per heavy atom. The van der Waals surface area contributed by atoms with Crippen molar-refractivity contribution < 1.29 is 18.7 Å². The Morgan fingerprint density at radius 2 is 1.80 bits per heavy atom. The molecule has 0 aliphatic carbocycles. The fourth-order valence-corrected chi connectivity index (χ4v) is 1.19. The third-order valence-corrected chi connectivity index (χ3v) is 1.71. The van der Waals surface area contributed by atoms with Crippen molar-refractivity contribution in [3.05, 3.63) is 29.3 Å². The molecule has 15 heavy (non-hydrogen) atoms. The van der Waals surface area contributed by atoms with Gasteiger partial charge in [0.1, 0.15) is 17.2 Å². The van der Waals surface area contributed by atoms with E-state index in [0.717, 1.165) is 12.1 Å². The molecule has 0 fully saturated rings. The number of anilines is 1. The summed E-state index contributed by atoms with van der Waals surface area (Å²) in [5, 5.41) is 11.3. The Labute approximate surface area is 85.7 Å². The van der Waals surface area contributed by atoms with Gasteiger partial charge in [0.2, 0.25) is 0 Å². The van der Waals surface area contributed by atoms with Gasteiger partial charge in [0, 0.05) is 11.7 Å². The number of hydrogen-bond donors (Lipinski definition) is 2. The molecule has 0 aliphatic heterocycles. The number of hydrogen-bond acceptors (Lipinski definition) is 2. The smallest absolute Gasteiger partial charge is 0.341 e. The van der Waals surface area contributed by atoms with Crippen LogP contribution in [0.4, 0.5) is 14.5 Å². The zero-order chi connectivity index (χ0) is 11.6. The number of aromatic carboxylic acids is 1. The number of halogens is 2. The van der Waals surface area contributed by atoms with Crippen molar-refractivity contribution in [1.29, 1.82) is 0 Å². The molecular formula is C10H11F2NO2. The molecule has 0 aromatic heterocycles. The largest absolute Gasteiger partial charge is 0.477 e. The minimum Gasteiger partial charge on any atom is -0.477 e. The van der Waals surface area contributed by atoms with Crippen LogP contribution in [0.2, 0.25) is 0 Å². The summed E-state index contributed by atoms with van der Waals surface area (Å²) in [4.78, 5) is 10.5. The minimum atomic E-state index is -1.61. The molecule has 0 saturated carbocycles. The van der Waals surface area contributed by atoms with Crippen LogP contribution in [-0.2, 0) is 0 Å². The van der Waals surface area contributed by atoms with E-state index in [9.17, 15) is 13.6 Å². The van der Waals surface area contributed by atoms with E-state index in [2.05, 4.69) is 5.32 Å². The van der Waals surface area contributed by atoms with Crippen LogP contribution in [0.3, 0.4) is 0 Å². The minimum absolute atomic E-state index is 0.0134. The molecule has 0 unspecified atom stereocenters. The molecule has 0 saturated heterocycles. The van der Waals surface area contributed by atoms with E-state index in [-0.39, 0.29) is 11.7 Å². The maximum absolute atomic E-state index is 13.2. The number of benzene rings is 1. The lowest BCUT2D eigenvalue weighted by atomic mass is 10.1.